The van der Waals surface area contributed by atoms with Crippen molar-refractivity contribution in [1.29, 1.82) is 0 Å². The smallest absolute Gasteiger partial charge is 0.241 e. The minimum absolute atomic E-state index is 0.181. The molecule has 0 heterocycles. The molecule has 0 amide bonds. The maximum absolute atomic E-state index is 10.9. The van der Waals surface area contributed by atoms with E-state index < -0.39 is 11.6 Å². The molecule has 0 aromatic carbocycles. The van der Waals surface area contributed by atoms with E-state index >= 15 is 0 Å². The average molecular weight is 199 g/mol. The molecule has 0 aromatic heterocycles. The number of nitro groups is 1. The van der Waals surface area contributed by atoms with Gasteiger partial charge in [-0.15, -0.1) is 0 Å². The topological polar surface area (TPSA) is 63.4 Å². The van der Waals surface area contributed by atoms with Crippen molar-refractivity contribution in [2.24, 2.45) is 5.92 Å². The highest BCUT2D eigenvalue weighted by molar-refractivity contribution is 4.98. The summed E-state index contributed by atoms with van der Waals surface area (Å²) in [4.78, 5) is 10.6. The van der Waals surface area contributed by atoms with Gasteiger partial charge in [-0.25, -0.2) is 0 Å². The van der Waals surface area contributed by atoms with Gasteiger partial charge >= 0.3 is 0 Å². The van der Waals surface area contributed by atoms with Crippen LogP contribution >= 0.6 is 0 Å². The molecular formula is C10H17NO3. The van der Waals surface area contributed by atoms with Crippen molar-refractivity contribution >= 4 is 0 Å². The number of aliphatic hydroxyl groups is 1. The van der Waals surface area contributed by atoms with Gasteiger partial charge in [-0.1, -0.05) is 12.8 Å². The maximum atomic E-state index is 10.9. The van der Waals surface area contributed by atoms with Gasteiger partial charge < -0.3 is 5.11 Å². The van der Waals surface area contributed by atoms with E-state index in [-0.39, 0.29) is 10.8 Å². The molecule has 0 aromatic rings. The van der Waals surface area contributed by atoms with E-state index in [1.165, 1.54) is 0 Å². The molecular weight excluding hydrogens is 182 g/mol. The molecule has 0 spiro atoms. The molecule has 2 fully saturated rings. The maximum Gasteiger partial charge on any atom is 0.241 e. The van der Waals surface area contributed by atoms with E-state index in [9.17, 15) is 15.2 Å². The summed E-state index contributed by atoms with van der Waals surface area (Å²) in [6, 6.07) is -0.707. The summed E-state index contributed by atoms with van der Waals surface area (Å²) in [6.07, 6.45) is 6.10. The third-order valence-electron chi connectivity index (χ3n) is 3.95. The summed E-state index contributed by atoms with van der Waals surface area (Å²) in [6.45, 7) is 0. The molecule has 2 rings (SSSR count). The largest absolute Gasteiger partial charge is 0.382 e. The Hall–Kier alpha value is -0.640. The molecule has 3 atom stereocenters. The lowest BCUT2D eigenvalue weighted by molar-refractivity contribution is -0.554. The van der Waals surface area contributed by atoms with Crippen LogP contribution in [0.25, 0.3) is 0 Å². The van der Waals surface area contributed by atoms with E-state index in [0.717, 1.165) is 32.1 Å². The first-order valence-corrected chi connectivity index (χ1v) is 5.50. The Morgan fingerprint density at radius 2 is 1.93 bits per heavy atom. The molecule has 0 bridgehead atoms. The van der Waals surface area contributed by atoms with Crippen LogP contribution < -0.4 is 0 Å². The van der Waals surface area contributed by atoms with Crippen LogP contribution in [0.5, 0.6) is 0 Å². The molecule has 80 valence electrons. The third kappa shape index (κ3) is 1.41. The Balaban J connectivity index is 2.21. The molecule has 1 N–H and O–H groups in total. The molecule has 0 radical (unpaired) electrons. The predicted molar refractivity (Wildman–Crippen MR) is 51.5 cm³/mol. The lowest BCUT2D eigenvalue weighted by Gasteiger charge is -2.44. The molecule has 2 aliphatic rings. The molecule has 14 heavy (non-hydrogen) atoms. The van der Waals surface area contributed by atoms with Gasteiger partial charge in [0.2, 0.25) is 6.04 Å². The highest BCUT2D eigenvalue weighted by Gasteiger charge is 2.53. The van der Waals surface area contributed by atoms with Crippen LogP contribution in [0.1, 0.15) is 44.9 Å². The standard InChI is InChI=1S/C10H17NO3/c12-10-7-2-1-4-8(10)5-3-6-9(10)11(13)14/h8-9,12H,1-7H2/t8?,9-,10-/m1/s1. The Kier molecular flexibility index (Phi) is 2.47. The molecule has 2 aliphatic carbocycles. The molecule has 4 nitrogen and oxygen atoms in total. The van der Waals surface area contributed by atoms with Crippen LogP contribution in [0, 0.1) is 16.0 Å². The van der Waals surface area contributed by atoms with Crippen molar-refractivity contribution in [1.82, 2.24) is 0 Å². The summed E-state index contributed by atoms with van der Waals surface area (Å²) in [5.41, 5.74) is -0.986. The van der Waals surface area contributed by atoms with E-state index in [0.29, 0.717) is 12.8 Å². The van der Waals surface area contributed by atoms with Gasteiger partial charge in [-0.2, -0.15) is 0 Å². The zero-order chi connectivity index (χ0) is 10.2. The highest BCUT2D eigenvalue weighted by atomic mass is 16.6. The predicted octanol–water partition coefficient (Wildman–Crippen LogP) is 1.74. The summed E-state index contributed by atoms with van der Waals surface area (Å²) >= 11 is 0. The molecule has 0 aliphatic heterocycles. The zero-order valence-corrected chi connectivity index (χ0v) is 8.32. The van der Waals surface area contributed by atoms with Crippen LogP contribution in [-0.4, -0.2) is 21.7 Å². The fraction of sp³-hybridized carbons (Fsp3) is 1.00. The minimum Gasteiger partial charge on any atom is -0.382 e. The number of rotatable bonds is 1. The summed E-state index contributed by atoms with van der Waals surface area (Å²) in [7, 11) is 0. The third-order valence-corrected chi connectivity index (χ3v) is 3.95. The summed E-state index contributed by atoms with van der Waals surface area (Å²) < 4.78 is 0. The fourth-order valence-electron chi connectivity index (χ4n) is 3.18. The van der Waals surface area contributed by atoms with Crippen molar-refractivity contribution in [2.45, 2.75) is 56.6 Å². The molecule has 2 saturated carbocycles. The molecule has 0 saturated heterocycles. The van der Waals surface area contributed by atoms with Gasteiger partial charge in [0.25, 0.3) is 0 Å². The average Bonchev–Trinajstić information content (AvgIpc) is 2.15. The molecule has 1 unspecified atom stereocenters. The van der Waals surface area contributed by atoms with Crippen LogP contribution in [0.15, 0.2) is 0 Å². The fourth-order valence-corrected chi connectivity index (χ4v) is 3.18. The highest BCUT2D eigenvalue weighted by Crippen LogP contribution is 2.44. The van der Waals surface area contributed by atoms with Gasteiger partial charge in [0.15, 0.2) is 0 Å². The van der Waals surface area contributed by atoms with Gasteiger partial charge in [0.05, 0.1) is 0 Å². The normalized spacial score (nSPS) is 42.9. The second kappa shape index (κ2) is 3.50. The number of nitrogens with zero attached hydrogens (tertiary/aromatic N) is 1. The quantitative estimate of drug-likeness (QED) is 0.516. The Morgan fingerprint density at radius 1 is 1.21 bits per heavy atom. The van der Waals surface area contributed by atoms with Crippen LogP contribution in [0.4, 0.5) is 0 Å². The van der Waals surface area contributed by atoms with Gasteiger partial charge in [0.1, 0.15) is 5.60 Å². The molecule has 4 heteroatoms. The van der Waals surface area contributed by atoms with Crippen molar-refractivity contribution < 1.29 is 10.0 Å². The van der Waals surface area contributed by atoms with E-state index in [2.05, 4.69) is 0 Å². The van der Waals surface area contributed by atoms with Crippen molar-refractivity contribution in [3.05, 3.63) is 10.1 Å². The lowest BCUT2D eigenvalue weighted by Crippen LogP contribution is -2.56. The lowest BCUT2D eigenvalue weighted by atomic mass is 9.65. The van der Waals surface area contributed by atoms with Crippen molar-refractivity contribution in [3.8, 4) is 0 Å². The van der Waals surface area contributed by atoms with E-state index in [1.54, 1.807) is 0 Å². The minimum atomic E-state index is -0.986. The van der Waals surface area contributed by atoms with Crippen molar-refractivity contribution in [2.75, 3.05) is 0 Å². The first-order chi connectivity index (χ1) is 6.64. The SMILES string of the molecule is O=[N+]([O-])[C@@H]1CCCC2CCCC[C@@]21O. The van der Waals surface area contributed by atoms with Crippen LogP contribution in [0.3, 0.4) is 0 Å². The number of fused-ring (bicyclic) bond motifs is 1. The Bertz CT molecular complexity index is 242. The summed E-state index contributed by atoms with van der Waals surface area (Å²) in [5, 5.41) is 21.2. The van der Waals surface area contributed by atoms with E-state index in [1.807, 2.05) is 0 Å². The first-order valence-electron chi connectivity index (χ1n) is 5.50. The Morgan fingerprint density at radius 3 is 2.64 bits per heavy atom. The Labute approximate surface area is 83.5 Å². The second-order valence-electron chi connectivity index (χ2n) is 4.67. The zero-order valence-electron chi connectivity index (χ0n) is 8.32. The van der Waals surface area contributed by atoms with Crippen molar-refractivity contribution in [3.63, 3.8) is 0 Å². The summed E-state index contributed by atoms with van der Waals surface area (Å²) in [5.74, 6) is 0.181. The van der Waals surface area contributed by atoms with E-state index in [4.69, 9.17) is 0 Å². The first kappa shape index (κ1) is 9.90. The number of hydrogen-bond acceptors (Lipinski definition) is 3. The van der Waals surface area contributed by atoms with Crippen LogP contribution in [-0.2, 0) is 0 Å². The van der Waals surface area contributed by atoms with Gasteiger partial charge in [-0.05, 0) is 31.6 Å². The van der Waals surface area contributed by atoms with Gasteiger partial charge in [-0.3, -0.25) is 10.1 Å². The van der Waals surface area contributed by atoms with Crippen LogP contribution in [0.2, 0.25) is 0 Å². The second-order valence-corrected chi connectivity index (χ2v) is 4.67. The van der Waals surface area contributed by atoms with Gasteiger partial charge in [0, 0.05) is 11.3 Å². The monoisotopic (exact) mass is 199 g/mol. The number of hydrogen-bond donors (Lipinski definition) is 1.